The highest BCUT2D eigenvalue weighted by Gasteiger charge is 2.20. The summed E-state index contributed by atoms with van der Waals surface area (Å²) in [7, 11) is -3.76. The first kappa shape index (κ1) is 13.8. The second kappa shape index (κ2) is 5.01. The van der Waals surface area contributed by atoms with E-state index in [9.17, 15) is 8.42 Å². The molecule has 0 unspecified atom stereocenters. The van der Waals surface area contributed by atoms with Crippen LogP contribution in [0.1, 0.15) is 5.82 Å². The minimum absolute atomic E-state index is 0.0700. The molecule has 0 atom stereocenters. The number of pyridine rings is 1. The third-order valence-corrected chi connectivity index (χ3v) is 4.61. The average Bonchev–Trinajstić information content (AvgIpc) is 2.83. The van der Waals surface area contributed by atoms with Crippen LogP contribution in [0.3, 0.4) is 0 Å². The van der Waals surface area contributed by atoms with Crippen LogP contribution < -0.4 is 4.72 Å². The Kier molecular flexibility index (Phi) is 3.30. The van der Waals surface area contributed by atoms with Crippen molar-refractivity contribution in [2.45, 2.75) is 11.8 Å². The van der Waals surface area contributed by atoms with Gasteiger partial charge in [-0.05, 0) is 43.3 Å². The fourth-order valence-electron chi connectivity index (χ4n) is 1.94. The van der Waals surface area contributed by atoms with Gasteiger partial charge in [0.25, 0.3) is 10.0 Å². The van der Waals surface area contributed by atoms with Crippen molar-refractivity contribution in [2.75, 3.05) is 4.72 Å². The maximum absolute atomic E-state index is 12.5. The lowest BCUT2D eigenvalue weighted by Crippen LogP contribution is -2.14. The summed E-state index contributed by atoms with van der Waals surface area (Å²) in [6, 6.07) is 9.54. The number of fused-ring (bicyclic) bond motifs is 1. The first-order valence-corrected chi connectivity index (χ1v) is 7.92. The molecule has 0 amide bonds. The standard InChI is InChI=1S/C13H11ClN4O2S/c1-9-15-16-13-12(3-2-8-18(9)13)21(19,20)17-11-6-4-10(14)5-7-11/h2-8,17H,1H3. The summed E-state index contributed by atoms with van der Waals surface area (Å²) in [5.74, 6) is 0.619. The number of aryl methyl sites for hydroxylation is 1. The minimum atomic E-state index is -3.76. The maximum Gasteiger partial charge on any atom is 0.265 e. The zero-order valence-corrected chi connectivity index (χ0v) is 12.6. The van der Waals surface area contributed by atoms with Crippen LogP contribution in [0.5, 0.6) is 0 Å². The topological polar surface area (TPSA) is 76.4 Å². The van der Waals surface area contributed by atoms with Crippen LogP contribution in [0.15, 0.2) is 47.5 Å². The van der Waals surface area contributed by atoms with Crippen molar-refractivity contribution in [3.63, 3.8) is 0 Å². The third-order valence-electron chi connectivity index (χ3n) is 2.96. The zero-order valence-electron chi connectivity index (χ0n) is 11.0. The highest BCUT2D eigenvalue weighted by atomic mass is 35.5. The van der Waals surface area contributed by atoms with Gasteiger partial charge in [-0.25, -0.2) is 8.42 Å². The molecule has 0 aliphatic carbocycles. The van der Waals surface area contributed by atoms with Gasteiger partial charge in [0.05, 0.1) is 0 Å². The van der Waals surface area contributed by atoms with E-state index in [4.69, 9.17) is 11.6 Å². The molecule has 0 aliphatic heterocycles. The Morgan fingerprint density at radius 3 is 2.57 bits per heavy atom. The lowest BCUT2D eigenvalue weighted by atomic mass is 10.3. The summed E-state index contributed by atoms with van der Waals surface area (Å²) >= 11 is 5.78. The van der Waals surface area contributed by atoms with Gasteiger partial charge in [-0.1, -0.05) is 11.6 Å². The number of rotatable bonds is 3. The van der Waals surface area contributed by atoms with Gasteiger partial charge in [0.1, 0.15) is 10.7 Å². The fraction of sp³-hybridized carbons (Fsp3) is 0.0769. The number of nitrogens with zero attached hydrogens (tertiary/aromatic N) is 3. The van der Waals surface area contributed by atoms with Crippen LogP contribution in [-0.4, -0.2) is 23.0 Å². The molecule has 0 saturated carbocycles. The first-order chi connectivity index (χ1) is 9.97. The number of sulfonamides is 1. The summed E-state index contributed by atoms with van der Waals surface area (Å²) in [6.07, 6.45) is 1.71. The van der Waals surface area contributed by atoms with Gasteiger partial charge in [0, 0.05) is 16.9 Å². The zero-order chi connectivity index (χ0) is 15.0. The lowest BCUT2D eigenvalue weighted by molar-refractivity contribution is 0.601. The molecule has 6 nitrogen and oxygen atoms in total. The van der Waals surface area contributed by atoms with Crippen molar-refractivity contribution in [1.29, 1.82) is 0 Å². The largest absolute Gasteiger partial charge is 0.286 e. The van der Waals surface area contributed by atoms with Crippen LogP contribution in [0.2, 0.25) is 5.02 Å². The predicted octanol–water partition coefficient (Wildman–Crippen LogP) is 2.49. The Morgan fingerprint density at radius 2 is 1.86 bits per heavy atom. The SMILES string of the molecule is Cc1nnc2c(S(=O)(=O)Nc3ccc(Cl)cc3)cccn12. The van der Waals surface area contributed by atoms with Gasteiger partial charge in [0.2, 0.25) is 0 Å². The lowest BCUT2D eigenvalue weighted by Gasteiger charge is -2.08. The van der Waals surface area contributed by atoms with Crippen molar-refractivity contribution in [1.82, 2.24) is 14.6 Å². The molecule has 0 saturated heterocycles. The summed E-state index contributed by atoms with van der Waals surface area (Å²) in [4.78, 5) is 0.0700. The molecular formula is C13H11ClN4O2S. The molecular weight excluding hydrogens is 312 g/mol. The molecule has 3 rings (SSSR count). The van der Waals surface area contributed by atoms with E-state index >= 15 is 0 Å². The van der Waals surface area contributed by atoms with Gasteiger partial charge in [-0.2, -0.15) is 0 Å². The minimum Gasteiger partial charge on any atom is -0.286 e. The molecule has 0 fully saturated rings. The van der Waals surface area contributed by atoms with Crippen LogP contribution in [0, 0.1) is 6.92 Å². The Bertz CT molecular complexity index is 904. The van der Waals surface area contributed by atoms with Crippen molar-refractivity contribution in [3.05, 3.63) is 53.4 Å². The average molecular weight is 323 g/mol. The van der Waals surface area contributed by atoms with Crippen LogP contribution in [0.25, 0.3) is 5.65 Å². The highest BCUT2D eigenvalue weighted by Crippen LogP contribution is 2.21. The van der Waals surface area contributed by atoms with E-state index < -0.39 is 10.0 Å². The predicted molar refractivity (Wildman–Crippen MR) is 80.0 cm³/mol. The van der Waals surface area contributed by atoms with Crippen LogP contribution in [0.4, 0.5) is 5.69 Å². The van der Waals surface area contributed by atoms with Crippen LogP contribution >= 0.6 is 11.6 Å². The summed E-state index contributed by atoms with van der Waals surface area (Å²) in [5.41, 5.74) is 0.717. The molecule has 2 heterocycles. The summed E-state index contributed by atoms with van der Waals surface area (Å²) in [6.45, 7) is 1.75. The molecule has 21 heavy (non-hydrogen) atoms. The normalized spacial score (nSPS) is 11.7. The van der Waals surface area contributed by atoms with Gasteiger partial charge in [0.15, 0.2) is 5.65 Å². The van der Waals surface area contributed by atoms with Gasteiger partial charge < -0.3 is 0 Å². The third kappa shape index (κ3) is 2.57. The quantitative estimate of drug-likeness (QED) is 0.803. The Morgan fingerprint density at radius 1 is 1.14 bits per heavy atom. The monoisotopic (exact) mass is 322 g/mol. The smallest absolute Gasteiger partial charge is 0.265 e. The van der Waals surface area contributed by atoms with Crippen molar-refractivity contribution in [2.24, 2.45) is 0 Å². The van der Waals surface area contributed by atoms with E-state index in [-0.39, 0.29) is 10.5 Å². The molecule has 8 heteroatoms. The fourth-order valence-corrected chi connectivity index (χ4v) is 3.26. The van der Waals surface area contributed by atoms with E-state index in [1.54, 1.807) is 47.9 Å². The van der Waals surface area contributed by atoms with E-state index in [2.05, 4.69) is 14.9 Å². The van der Waals surface area contributed by atoms with Crippen molar-refractivity contribution in [3.8, 4) is 0 Å². The van der Waals surface area contributed by atoms with Gasteiger partial charge in [-0.15, -0.1) is 10.2 Å². The second-order valence-electron chi connectivity index (χ2n) is 4.43. The highest BCUT2D eigenvalue weighted by molar-refractivity contribution is 7.93. The second-order valence-corrected chi connectivity index (χ2v) is 6.51. The molecule has 108 valence electrons. The molecule has 2 aromatic heterocycles. The first-order valence-electron chi connectivity index (χ1n) is 6.06. The number of hydrogen-bond acceptors (Lipinski definition) is 4. The van der Waals surface area contributed by atoms with Crippen molar-refractivity contribution >= 4 is 33.0 Å². The van der Waals surface area contributed by atoms with Gasteiger partial charge >= 0.3 is 0 Å². The Labute approximate surface area is 126 Å². The van der Waals surface area contributed by atoms with Gasteiger partial charge in [-0.3, -0.25) is 9.12 Å². The van der Waals surface area contributed by atoms with E-state index in [0.29, 0.717) is 16.5 Å². The Hall–Kier alpha value is -2.12. The molecule has 0 radical (unpaired) electrons. The van der Waals surface area contributed by atoms with E-state index in [1.807, 2.05) is 0 Å². The maximum atomic E-state index is 12.5. The molecule has 3 aromatic rings. The molecule has 0 spiro atoms. The Balaban J connectivity index is 2.06. The number of halogens is 1. The molecule has 0 bridgehead atoms. The number of benzene rings is 1. The summed E-state index contributed by atoms with van der Waals surface area (Å²) in [5, 5.41) is 8.34. The molecule has 1 N–H and O–H groups in total. The van der Waals surface area contributed by atoms with Crippen molar-refractivity contribution < 1.29 is 8.42 Å². The van der Waals surface area contributed by atoms with E-state index in [1.165, 1.54) is 6.07 Å². The van der Waals surface area contributed by atoms with E-state index in [0.717, 1.165) is 0 Å². The summed E-state index contributed by atoms with van der Waals surface area (Å²) < 4.78 is 29.1. The number of anilines is 1. The molecule has 1 aromatic carbocycles. The number of aromatic nitrogens is 3. The number of hydrogen-bond donors (Lipinski definition) is 1. The molecule has 0 aliphatic rings. The van der Waals surface area contributed by atoms with Crippen LogP contribution in [-0.2, 0) is 10.0 Å². The number of nitrogens with one attached hydrogen (secondary N) is 1.